The van der Waals surface area contributed by atoms with Crippen LogP contribution >= 0.6 is 0 Å². The first-order valence-corrected chi connectivity index (χ1v) is 15.1. The van der Waals surface area contributed by atoms with Crippen LogP contribution in [0.15, 0.2) is 54.6 Å². The van der Waals surface area contributed by atoms with Crippen LogP contribution in [0.3, 0.4) is 0 Å². The number of amides is 3. The predicted octanol–water partition coefficient (Wildman–Crippen LogP) is 2.29. The molecule has 42 heavy (non-hydrogen) atoms. The van der Waals surface area contributed by atoms with Crippen molar-refractivity contribution < 1.29 is 33.8 Å². The first-order chi connectivity index (χ1) is 20.4. The minimum absolute atomic E-state index is 0.0533. The van der Waals surface area contributed by atoms with Gasteiger partial charge in [-0.05, 0) is 24.8 Å². The van der Waals surface area contributed by atoms with Gasteiger partial charge in [-0.2, -0.15) is 0 Å². The van der Waals surface area contributed by atoms with E-state index in [0.29, 0.717) is 25.9 Å². The second kappa shape index (κ2) is 12.8. The summed E-state index contributed by atoms with van der Waals surface area (Å²) in [5.41, 5.74) is -0.625. The molecule has 2 saturated heterocycles. The maximum absolute atomic E-state index is 14.4. The lowest BCUT2D eigenvalue weighted by Gasteiger charge is -2.38. The van der Waals surface area contributed by atoms with Gasteiger partial charge in [0, 0.05) is 19.5 Å². The lowest BCUT2D eigenvalue weighted by molar-refractivity contribution is -0.151. The van der Waals surface area contributed by atoms with Crippen LogP contribution in [0.25, 0.3) is 0 Å². The molecule has 4 heterocycles. The van der Waals surface area contributed by atoms with Gasteiger partial charge in [0.1, 0.15) is 18.2 Å². The second-order valence-electron chi connectivity index (χ2n) is 11.5. The van der Waals surface area contributed by atoms with Gasteiger partial charge in [-0.15, -0.1) is 0 Å². The third-order valence-electron chi connectivity index (χ3n) is 8.95. The number of hydrogen-bond donors (Lipinski definition) is 2. The van der Waals surface area contributed by atoms with E-state index in [1.54, 1.807) is 17.1 Å². The Morgan fingerprint density at radius 3 is 2.60 bits per heavy atom. The first kappa shape index (κ1) is 30.0. The highest BCUT2D eigenvalue weighted by Gasteiger charge is 2.72. The smallest absolute Gasteiger partial charge is 0.306 e. The van der Waals surface area contributed by atoms with Crippen LogP contribution in [0.2, 0.25) is 0 Å². The number of carbonyl (C=O) groups is 4. The number of nitrogens with one attached hydrogen (secondary N) is 1. The highest BCUT2D eigenvalue weighted by Crippen LogP contribution is 2.53. The fourth-order valence-electron chi connectivity index (χ4n) is 6.78. The standard InChI is InChI=1S/C32H41N3O7/c1-3-5-17-34-18-11-16-32-27(30(39)35(22(4-2)19-36)28(32)31(34)40)26-24(42-32)14-9-10-15-25(37)41-20-23(33-29(26)38)21-12-7-6-8-13-21/h6-9,11-14,16,22-24,26-28,36H,3-5,10,15,17-20H2,1-2H3,(H,33,38)/b14-9-/t22-,23+,24-,26+,27+,28-,32+/m0/s1. The minimum atomic E-state index is -1.39. The molecule has 5 rings (SSSR count). The van der Waals surface area contributed by atoms with Gasteiger partial charge in [0.15, 0.2) is 0 Å². The first-order valence-electron chi connectivity index (χ1n) is 15.1. The summed E-state index contributed by atoms with van der Waals surface area (Å²) in [4.78, 5) is 58.5. The van der Waals surface area contributed by atoms with Crippen LogP contribution in [0.5, 0.6) is 0 Å². The number of esters is 1. The molecule has 226 valence electrons. The summed E-state index contributed by atoms with van der Waals surface area (Å²) in [6.07, 6.45) is 9.08. The molecule has 10 nitrogen and oxygen atoms in total. The topological polar surface area (TPSA) is 125 Å². The van der Waals surface area contributed by atoms with Crippen LogP contribution in [0, 0.1) is 11.8 Å². The third-order valence-corrected chi connectivity index (χ3v) is 8.95. The van der Waals surface area contributed by atoms with Gasteiger partial charge in [-0.25, -0.2) is 0 Å². The largest absolute Gasteiger partial charge is 0.463 e. The molecular formula is C32H41N3O7. The van der Waals surface area contributed by atoms with Crippen molar-refractivity contribution in [3.05, 3.63) is 60.2 Å². The fourth-order valence-corrected chi connectivity index (χ4v) is 6.78. The number of hydrogen-bond acceptors (Lipinski definition) is 7. The summed E-state index contributed by atoms with van der Waals surface area (Å²) in [6.45, 7) is 4.46. The summed E-state index contributed by atoms with van der Waals surface area (Å²) in [5, 5.41) is 13.3. The highest BCUT2D eigenvalue weighted by molar-refractivity contribution is 6.00. The van der Waals surface area contributed by atoms with Gasteiger partial charge >= 0.3 is 5.97 Å². The molecule has 2 fully saturated rings. The molecule has 0 radical (unpaired) electrons. The van der Waals surface area contributed by atoms with Crippen molar-refractivity contribution in [2.24, 2.45) is 11.8 Å². The van der Waals surface area contributed by atoms with Crippen LogP contribution in [-0.2, 0) is 28.7 Å². The fraction of sp³-hybridized carbons (Fsp3) is 0.562. The quantitative estimate of drug-likeness (QED) is 0.375. The van der Waals surface area contributed by atoms with Crippen molar-refractivity contribution in [2.75, 3.05) is 26.3 Å². The number of cyclic esters (lactones) is 1. The van der Waals surface area contributed by atoms with Crippen LogP contribution in [0.4, 0.5) is 0 Å². The number of unbranched alkanes of at least 4 members (excludes halogenated alkanes) is 1. The molecule has 0 aromatic heterocycles. The number of fused-ring (bicyclic) bond motifs is 2. The zero-order valence-electron chi connectivity index (χ0n) is 24.3. The van der Waals surface area contributed by atoms with Crippen molar-refractivity contribution in [3.8, 4) is 0 Å². The molecule has 1 aromatic carbocycles. The van der Waals surface area contributed by atoms with E-state index in [2.05, 4.69) is 12.2 Å². The molecule has 10 heteroatoms. The van der Waals surface area contributed by atoms with Gasteiger partial charge < -0.3 is 29.7 Å². The number of aliphatic hydroxyl groups is 1. The molecule has 1 aromatic rings. The number of benzene rings is 1. The van der Waals surface area contributed by atoms with E-state index in [1.807, 2.05) is 49.4 Å². The predicted molar refractivity (Wildman–Crippen MR) is 154 cm³/mol. The highest BCUT2D eigenvalue weighted by atomic mass is 16.5. The van der Waals surface area contributed by atoms with Gasteiger partial charge in [-0.3, -0.25) is 19.2 Å². The number of carbonyl (C=O) groups excluding carboxylic acids is 4. The molecule has 0 bridgehead atoms. The average Bonchev–Trinajstić information content (AvgIpc) is 3.38. The minimum Gasteiger partial charge on any atom is -0.463 e. The zero-order valence-corrected chi connectivity index (χ0v) is 24.3. The van der Waals surface area contributed by atoms with Crippen molar-refractivity contribution in [1.82, 2.24) is 15.1 Å². The van der Waals surface area contributed by atoms with Crippen LogP contribution < -0.4 is 5.32 Å². The lowest BCUT2D eigenvalue weighted by Crippen LogP contribution is -2.58. The van der Waals surface area contributed by atoms with E-state index in [4.69, 9.17) is 9.47 Å². The average molecular weight is 580 g/mol. The number of rotatable bonds is 7. The summed E-state index contributed by atoms with van der Waals surface area (Å²) < 4.78 is 12.2. The van der Waals surface area contributed by atoms with Crippen molar-refractivity contribution >= 4 is 23.7 Å². The molecule has 2 N–H and O–H groups in total. The van der Waals surface area contributed by atoms with Crippen molar-refractivity contribution in [2.45, 2.75) is 75.8 Å². The van der Waals surface area contributed by atoms with E-state index in [-0.39, 0.29) is 37.4 Å². The monoisotopic (exact) mass is 579 g/mol. The molecule has 4 aliphatic heterocycles. The normalized spacial score (nSPS) is 33.0. The summed E-state index contributed by atoms with van der Waals surface area (Å²) in [7, 11) is 0. The molecule has 3 amide bonds. The molecular weight excluding hydrogens is 538 g/mol. The summed E-state index contributed by atoms with van der Waals surface area (Å²) in [6, 6.07) is 6.98. The van der Waals surface area contributed by atoms with E-state index in [1.165, 1.54) is 4.90 Å². The second-order valence-corrected chi connectivity index (χ2v) is 11.5. The zero-order chi connectivity index (χ0) is 29.9. The van der Waals surface area contributed by atoms with E-state index < -0.39 is 47.6 Å². The maximum Gasteiger partial charge on any atom is 0.306 e. The van der Waals surface area contributed by atoms with Crippen LogP contribution in [-0.4, -0.2) is 88.7 Å². The Kier molecular flexibility index (Phi) is 9.13. The molecule has 0 unspecified atom stereocenters. The number of nitrogens with zero attached hydrogens (tertiary/aromatic N) is 2. The van der Waals surface area contributed by atoms with Gasteiger partial charge in [0.2, 0.25) is 17.7 Å². The number of ether oxygens (including phenoxy) is 2. The molecule has 7 atom stereocenters. The number of aliphatic hydroxyl groups excluding tert-OH is 1. The molecule has 0 aliphatic carbocycles. The summed E-state index contributed by atoms with van der Waals surface area (Å²) >= 11 is 0. The Labute approximate surface area is 246 Å². The van der Waals surface area contributed by atoms with Gasteiger partial charge in [0.25, 0.3) is 0 Å². The number of likely N-dealkylation sites (tertiary alicyclic amines) is 1. The van der Waals surface area contributed by atoms with Crippen LogP contribution in [0.1, 0.15) is 57.6 Å². The Morgan fingerprint density at radius 1 is 1.10 bits per heavy atom. The molecule has 0 saturated carbocycles. The van der Waals surface area contributed by atoms with E-state index in [9.17, 15) is 24.3 Å². The van der Waals surface area contributed by atoms with Gasteiger partial charge in [0.05, 0.1) is 36.6 Å². The van der Waals surface area contributed by atoms with E-state index >= 15 is 0 Å². The van der Waals surface area contributed by atoms with E-state index in [0.717, 1.165) is 18.4 Å². The Hall–Kier alpha value is -3.50. The number of allylic oxidation sites excluding steroid dienone is 1. The van der Waals surface area contributed by atoms with Crippen molar-refractivity contribution in [3.63, 3.8) is 0 Å². The summed E-state index contributed by atoms with van der Waals surface area (Å²) in [5.74, 6) is -3.33. The Bertz CT molecular complexity index is 1230. The molecule has 1 spiro atoms. The third kappa shape index (κ3) is 5.38. The molecule has 4 aliphatic rings. The Balaban J connectivity index is 1.59. The lowest BCUT2D eigenvalue weighted by atomic mass is 9.77. The Morgan fingerprint density at radius 2 is 1.88 bits per heavy atom. The van der Waals surface area contributed by atoms with Gasteiger partial charge in [-0.1, -0.05) is 74.9 Å². The van der Waals surface area contributed by atoms with Crippen molar-refractivity contribution in [1.29, 1.82) is 0 Å². The SMILES string of the molecule is CCCCN1CC=C[C@@]23O[C@H]4/C=C\CCC(=O)OC[C@H](c5ccccc5)NC(=O)[C@H]4[C@@H]2C(=O)N([C@@H](CC)CO)[C@H]3C1=O. The maximum atomic E-state index is 14.4.